The molecule has 0 heterocycles. The second-order valence-corrected chi connectivity index (χ2v) is 6.72. The molecule has 1 atom stereocenters. The van der Waals surface area contributed by atoms with Gasteiger partial charge in [0.2, 0.25) is 0 Å². The quantitative estimate of drug-likeness (QED) is 0.710. The van der Waals surface area contributed by atoms with Crippen LogP contribution < -0.4 is 19.5 Å². The maximum absolute atomic E-state index is 12.7. The molecule has 156 valence electrons. The Balaban J connectivity index is 2.19. The summed E-state index contributed by atoms with van der Waals surface area (Å²) in [7, 11) is 4.37. The average molecular weight is 401 g/mol. The second kappa shape index (κ2) is 9.32. The monoisotopic (exact) mass is 401 g/mol. The van der Waals surface area contributed by atoms with Crippen molar-refractivity contribution in [3.05, 3.63) is 46.5 Å². The minimum absolute atomic E-state index is 0.132. The smallest absolute Gasteiger partial charge is 0.342 e. The van der Waals surface area contributed by atoms with Crippen molar-refractivity contribution < 1.29 is 28.5 Å². The van der Waals surface area contributed by atoms with Gasteiger partial charge in [-0.15, -0.1) is 0 Å². The summed E-state index contributed by atoms with van der Waals surface area (Å²) >= 11 is 0. The summed E-state index contributed by atoms with van der Waals surface area (Å²) in [6, 6.07) is 6.94. The Morgan fingerprint density at radius 1 is 0.828 bits per heavy atom. The van der Waals surface area contributed by atoms with E-state index in [2.05, 4.69) is 5.32 Å². The highest BCUT2D eigenvalue weighted by Gasteiger charge is 2.24. The summed E-state index contributed by atoms with van der Waals surface area (Å²) in [4.78, 5) is 25.2. The Kier molecular flexibility index (Phi) is 7.09. The van der Waals surface area contributed by atoms with Crippen LogP contribution in [0.5, 0.6) is 17.2 Å². The van der Waals surface area contributed by atoms with E-state index in [9.17, 15) is 9.59 Å². The van der Waals surface area contributed by atoms with Gasteiger partial charge in [-0.1, -0.05) is 17.7 Å². The summed E-state index contributed by atoms with van der Waals surface area (Å²) in [6.45, 7) is 7.34. The van der Waals surface area contributed by atoms with Gasteiger partial charge < -0.3 is 24.3 Å². The molecule has 0 aliphatic heterocycles. The van der Waals surface area contributed by atoms with E-state index in [-0.39, 0.29) is 11.3 Å². The number of benzene rings is 2. The highest BCUT2D eigenvalue weighted by atomic mass is 16.6. The molecule has 0 aliphatic carbocycles. The van der Waals surface area contributed by atoms with Crippen LogP contribution in [0.15, 0.2) is 24.3 Å². The molecular formula is C22H27NO6. The lowest BCUT2D eigenvalue weighted by atomic mass is 10.0. The summed E-state index contributed by atoms with van der Waals surface area (Å²) in [6.07, 6.45) is -1.01. The molecule has 0 unspecified atom stereocenters. The second-order valence-electron chi connectivity index (χ2n) is 6.72. The zero-order valence-electron chi connectivity index (χ0n) is 17.8. The van der Waals surface area contributed by atoms with Crippen LogP contribution in [0, 0.1) is 20.8 Å². The zero-order valence-corrected chi connectivity index (χ0v) is 17.8. The molecule has 0 saturated carbocycles. The molecule has 0 aliphatic rings. The van der Waals surface area contributed by atoms with Crippen LogP contribution in [0.25, 0.3) is 0 Å². The average Bonchev–Trinajstić information content (AvgIpc) is 2.68. The van der Waals surface area contributed by atoms with Crippen molar-refractivity contribution in [3.8, 4) is 17.2 Å². The number of rotatable bonds is 7. The number of esters is 1. The Labute approximate surface area is 170 Å². The van der Waals surface area contributed by atoms with Crippen molar-refractivity contribution in [2.75, 3.05) is 26.6 Å². The lowest BCUT2D eigenvalue weighted by Crippen LogP contribution is -2.30. The standard InChI is InChI=1S/C22H27NO6/c1-12-8-13(2)20(14(3)9-12)23-21(24)15(4)29-22(25)16-10-18(27-6)19(28-7)11-17(16)26-5/h8-11,15H,1-7H3,(H,23,24)/t15-/m0/s1. The van der Waals surface area contributed by atoms with Crippen LogP contribution in [0.2, 0.25) is 0 Å². The molecule has 1 N–H and O–H groups in total. The van der Waals surface area contributed by atoms with Gasteiger partial charge in [0.15, 0.2) is 17.6 Å². The van der Waals surface area contributed by atoms with Crippen LogP contribution in [0.4, 0.5) is 5.69 Å². The van der Waals surface area contributed by atoms with E-state index in [0.717, 1.165) is 16.7 Å². The van der Waals surface area contributed by atoms with Crippen LogP contribution in [0.1, 0.15) is 34.0 Å². The first-order valence-electron chi connectivity index (χ1n) is 9.11. The predicted molar refractivity (Wildman–Crippen MR) is 110 cm³/mol. The van der Waals surface area contributed by atoms with Crippen molar-refractivity contribution in [3.63, 3.8) is 0 Å². The molecule has 0 saturated heterocycles. The Hall–Kier alpha value is -3.22. The fourth-order valence-corrected chi connectivity index (χ4v) is 3.07. The third-order valence-electron chi connectivity index (χ3n) is 4.50. The number of methoxy groups -OCH3 is 3. The van der Waals surface area contributed by atoms with E-state index in [1.165, 1.54) is 40.4 Å². The number of amides is 1. The number of carbonyl (C=O) groups excluding carboxylic acids is 2. The Morgan fingerprint density at radius 3 is 1.86 bits per heavy atom. The van der Waals surface area contributed by atoms with Gasteiger partial charge in [-0.2, -0.15) is 0 Å². The molecule has 2 rings (SSSR count). The van der Waals surface area contributed by atoms with Crippen molar-refractivity contribution >= 4 is 17.6 Å². The van der Waals surface area contributed by atoms with E-state index in [1.807, 2.05) is 32.9 Å². The van der Waals surface area contributed by atoms with E-state index in [4.69, 9.17) is 18.9 Å². The van der Waals surface area contributed by atoms with Crippen molar-refractivity contribution in [1.29, 1.82) is 0 Å². The molecule has 2 aromatic carbocycles. The van der Waals surface area contributed by atoms with Gasteiger partial charge in [0.25, 0.3) is 5.91 Å². The largest absolute Gasteiger partial charge is 0.496 e. The van der Waals surface area contributed by atoms with Crippen molar-refractivity contribution in [1.82, 2.24) is 0 Å². The predicted octanol–water partition coefficient (Wildman–Crippen LogP) is 3.82. The molecule has 0 fully saturated rings. The normalized spacial score (nSPS) is 11.4. The lowest BCUT2D eigenvalue weighted by molar-refractivity contribution is -0.123. The molecule has 2 aromatic rings. The molecule has 29 heavy (non-hydrogen) atoms. The Morgan fingerprint density at radius 2 is 1.34 bits per heavy atom. The number of hydrogen-bond acceptors (Lipinski definition) is 6. The summed E-state index contributed by atoms with van der Waals surface area (Å²) in [5, 5.41) is 2.84. The summed E-state index contributed by atoms with van der Waals surface area (Å²) in [5.41, 5.74) is 3.84. The van der Waals surface area contributed by atoms with Gasteiger partial charge in [-0.3, -0.25) is 4.79 Å². The van der Waals surface area contributed by atoms with E-state index in [1.54, 1.807) is 0 Å². The maximum Gasteiger partial charge on any atom is 0.342 e. The number of hydrogen-bond donors (Lipinski definition) is 1. The van der Waals surface area contributed by atoms with Gasteiger partial charge in [0.05, 0.1) is 21.3 Å². The minimum atomic E-state index is -1.01. The molecule has 0 spiro atoms. The van der Waals surface area contributed by atoms with E-state index in [0.29, 0.717) is 17.2 Å². The number of aryl methyl sites for hydroxylation is 3. The maximum atomic E-state index is 12.7. The third kappa shape index (κ3) is 4.99. The summed E-state index contributed by atoms with van der Waals surface area (Å²) < 4.78 is 21.0. The van der Waals surface area contributed by atoms with Crippen LogP contribution in [-0.4, -0.2) is 39.3 Å². The van der Waals surface area contributed by atoms with Crippen LogP contribution in [0.3, 0.4) is 0 Å². The van der Waals surface area contributed by atoms with Crippen molar-refractivity contribution in [2.45, 2.75) is 33.8 Å². The molecular weight excluding hydrogens is 374 g/mol. The summed E-state index contributed by atoms with van der Waals surface area (Å²) in [5.74, 6) is -0.110. The first-order valence-corrected chi connectivity index (χ1v) is 9.11. The first-order chi connectivity index (χ1) is 13.7. The molecule has 1 amide bonds. The number of carbonyl (C=O) groups is 2. The number of nitrogens with one attached hydrogen (secondary N) is 1. The molecule has 0 aromatic heterocycles. The number of anilines is 1. The third-order valence-corrected chi connectivity index (χ3v) is 4.50. The SMILES string of the molecule is COc1cc(OC)c(C(=O)O[C@@H](C)C(=O)Nc2c(C)cc(C)cc2C)cc1OC. The lowest BCUT2D eigenvalue weighted by Gasteiger charge is -2.18. The van der Waals surface area contributed by atoms with Crippen LogP contribution >= 0.6 is 0 Å². The zero-order chi connectivity index (χ0) is 21.7. The highest BCUT2D eigenvalue weighted by Crippen LogP contribution is 2.35. The van der Waals surface area contributed by atoms with Gasteiger partial charge in [0, 0.05) is 17.8 Å². The van der Waals surface area contributed by atoms with E-state index >= 15 is 0 Å². The van der Waals surface area contributed by atoms with E-state index < -0.39 is 18.0 Å². The van der Waals surface area contributed by atoms with Crippen molar-refractivity contribution in [2.24, 2.45) is 0 Å². The minimum Gasteiger partial charge on any atom is -0.496 e. The van der Waals surface area contributed by atoms with Gasteiger partial charge in [-0.05, 0) is 38.8 Å². The van der Waals surface area contributed by atoms with Gasteiger partial charge in [0.1, 0.15) is 11.3 Å². The topological polar surface area (TPSA) is 83.1 Å². The molecule has 0 radical (unpaired) electrons. The highest BCUT2D eigenvalue weighted by molar-refractivity contribution is 5.99. The molecule has 7 heteroatoms. The van der Waals surface area contributed by atoms with Gasteiger partial charge in [-0.25, -0.2) is 4.79 Å². The Bertz CT molecular complexity index is 899. The van der Waals surface area contributed by atoms with Gasteiger partial charge >= 0.3 is 5.97 Å². The molecule has 0 bridgehead atoms. The fraction of sp³-hybridized carbons (Fsp3) is 0.364. The fourth-order valence-electron chi connectivity index (χ4n) is 3.07. The number of ether oxygens (including phenoxy) is 4. The first kappa shape index (κ1) is 22.1. The molecule has 7 nitrogen and oxygen atoms in total. The van der Waals surface area contributed by atoms with Crippen LogP contribution in [-0.2, 0) is 9.53 Å².